The molecule has 4 atom stereocenters. The second kappa shape index (κ2) is 4.52. The molecular weight excluding hydrogens is 282 g/mol. The molecule has 0 aromatic rings. The number of amides is 3. The first-order valence-corrected chi connectivity index (χ1v) is 7.70. The number of carbonyl (C=O) groups is 2. The Morgan fingerprint density at radius 1 is 1.45 bits per heavy atom. The van der Waals surface area contributed by atoms with E-state index in [1.165, 1.54) is 5.57 Å². The number of likely N-dealkylation sites (N-methyl/N-ethyl adjacent to an activating group) is 1. The number of imide groups is 1. The molecule has 1 saturated heterocycles. The first kappa shape index (κ1) is 13.7. The van der Waals surface area contributed by atoms with Crippen molar-refractivity contribution >= 4 is 17.6 Å². The summed E-state index contributed by atoms with van der Waals surface area (Å²) in [5, 5.41) is 11.7. The van der Waals surface area contributed by atoms with Gasteiger partial charge >= 0.3 is 6.03 Å². The molecule has 4 rings (SSSR count). The molecule has 3 unspecified atom stereocenters. The summed E-state index contributed by atoms with van der Waals surface area (Å²) in [5.74, 6) is 0.402. The first-order valence-electron chi connectivity index (χ1n) is 7.70. The standard InChI is InChI=1S/C16H19N3O3/c1-19-15(22)18-14(21)16(19)6-10-4-9-2-3-12(8-20)17-13(9)5-11(10)7-16/h2-3,5,9-10,12,20H,4,6-8H2,1H3,(H,18,21,22)/t9?,10?,12?,16-/m1/s1. The number of nitrogens with zero attached hydrogens (tertiary/aromatic N) is 2. The molecule has 2 heterocycles. The average molecular weight is 301 g/mol. The lowest BCUT2D eigenvalue weighted by atomic mass is 9.80. The highest BCUT2D eigenvalue weighted by atomic mass is 16.3. The van der Waals surface area contributed by atoms with Gasteiger partial charge in [0, 0.05) is 25.1 Å². The largest absolute Gasteiger partial charge is 0.394 e. The molecule has 22 heavy (non-hydrogen) atoms. The van der Waals surface area contributed by atoms with Gasteiger partial charge < -0.3 is 10.0 Å². The van der Waals surface area contributed by atoms with Gasteiger partial charge in [-0.05, 0) is 24.8 Å². The Morgan fingerprint density at radius 3 is 2.95 bits per heavy atom. The van der Waals surface area contributed by atoms with Crippen LogP contribution in [0.15, 0.2) is 28.8 Å². The molecule has 3 amide bonds. The lowest BCUT2D eigenvalue weighted by molar-refractivity contribution is -0.126. The van der Waals surface area contributed by atoms with Gasteiger partial charge in [-0.1, -0.05) is 17.7 Å². The number of carbonyl (C=O) groups excluding carboxylic acids is 2. The number of nitrogens with one attached hydrogen (secondary N) is 1. The maximum atomic E-state index is 12.3. The van der Waals surface area contributed by atoms with Gasteiger partial charge in [0.25, 0.3) is 5.91 Å². The third-order valence-corrected chi connectivity index (χ3v) is 5.51. The summed E-state index contributed by atoms with van der Waals surface area (Å²) in [6, 6.07) is -0.465. The number of aliphatic imine (C=N–C) groups is 1. The van der Waals surface area contributed by atoms with Crippen molar-refractivity contribution in [2.75, 3.05) is 13.7 Å². The zero-order chi connectivity index (χ0) is 15.5. The smallest absolute Gasteiger partial charge is 0.324 e. The maximum Gasteiger partial charge on any atom is 0.324 e. The van der Waals surface area contributed by atoms with Gasteiger partial charge in [0.1, 0.15) is 5.54 Å². The summed E-state index contributed by atoms with van der Waals surface area (Å²) in [4.78, 5) is 30.2. The van der Waals surface area contributed by atoms with Crippen LogP contribution in [0.4, 0.5) is 4.79 Å². The summed E-state index contributed by atoms with van der Waals surface area (Å²) in [6.07, 6.45) is 8.36. The van der Waals surface area contributed by atoms with Gasteiger partial charge in [0.05, 0.1) is 12.6 Å². The topological polar surface area (TPSA) is 82.0 Å². The van der Waals surface area contributed by atoms with Crippen LogP contribution in [0.1, 0.15) is 19.3 Å². The van der Waals surface area contributed by atoms with Crippen molar-refractivity contribution in [3.05, 3.63) is 23.8 Å². The molecule has 116 valence electrons. The van der Waals surface area contributed by atoms with Crippen LogP contribution in [0.5, 0.6) is 0 Å². The van der Waals surface area contributed by atoms with E-state index in [9.17, 15) is 14.7 Å². The number of urea groups is 1. The second-order valence-electron chi connectivity index (χ2n) is 6.68. The minimum absolute atomic E-state index is 0.0168. The number of hydrogen-bond acceptors (Lipinski definition) is 4. The molecule has 2 aliphatic carbocycles. The molecule has 0 radical (unpaired) electrons. The Morgan fingerprint density at radius 2 is 2.27 bits per heavy atom. The molecule has 0 aromatic carbocycles. The minimum atomic E-state index is -0.721. The Kier molecular flexibility index (Phi) is 2.81. The first-order chi connectivity index (χ1) is 10.5. The molecule has 2 N–H and O–H groups in total. The molecule has 0 aromatic heterocycles. The number of hydrogen-bond donors (Lipinski definition) is 2. The van der Waals surface area contributed by atoms with E-state index in [0.29, 0.717) is 18.8 Å². The van der Waals surface area contributed by atoms with E-state index in [4.69, 9.17) is 0 Å². The number of fused-ring (bicyclic) bond motifs is 2. The van der Waals surface area contributed by atoms with Crippen molar-refractivity contribution in [2.45, 2.75) is 30.8 Å². The van der Waals surface area contributed by atoms with E-state index in [-0.39, 0.29) is 30.5 Å². The van der Waals surface area contributed by atoms with Crippen molar-refractivity contribution in [2.24, 2.45) is 16.8 Å². The van der Waals surface area contributed by atoms with E-state index < -0.39 is 5.54 Å². The molecular formula is C16H19N3O3. The third-order valence-electron chi connectivity index (χ3n) is 5.51. The predicted octanol–water partition coefficient (Wildman–Crippen LogP) is 0.635. The van der Waals surface area contributed by atoms with Crippen LogP contribution in [0.2, 0.25) is 0 Å². The van der Waals surface area contributed by atoms with Crippen molar-refractivity contribution in [1.29, 1.82) is 0 Å². The molecule has 6 nitrogen and oxygen atoms in total. The van der Waals surface area contributed by atoms with Gasteiger partial charge in [-0.25, -0.2) is 4.79 Å². The zero-order valence-corrected chi connectivity index (χ0v) is 12.5. The Hall–Kier alpha value is -1.95. The van der Waals surface area contributed by atoms with Gasteiger partial charge in [0.2, 0.25) is 0 Å². The van der Waals surface area contributed by atoms with E-state index >= 15 is 0 Å². The predicted molar refractivity (Wildman–Crippen MR) is 80.4 cm³/mol. The SMILES string of the molecule is CN1C(=O)NC(=O)[C@@]12CC1=CC3=NC(CO)C=CC3CC1C2. The summed E-state index contributed by atoms with van der Waals surface area (Å²) < 4.78 is 0. The normalized spacial score (nSPS) is 39.5. The summed E-state index contributed by atoms with van der Waals surface area (Å²) >= 11 is 0. The van der Waals surface area contributed by atoms with Crippen LogP contribution < -0.4 is 5.32 Å². The molecule has 4 aliphatic rings. The lowest BCUT2D eigenvalue weighted by Gasteiger charge is -2.29. The van der Waals surface area contributed by atoms with E-state index in [1.807, 2.05) is 6.08 Å². The number of aliphatic hydroxyl groups is 1. The zero-order valence-electron chi connectivity index (χ0n) is 12.5. The van der Waals surface area contributed by atoms with Crippen molar-refractivity contribution < 1.29 is 14.7 Å². The van der Waals surface area contributed by atoms with Gasteiger partial charge in [-0.3, -0.25) is 15.1 Å². The highest BCUT2D eigenvalue weighted by Gasteiger charge is 2.57. The van der Waals surface area contributed by atoms with Crippen molar-refractivity contribution in [3.8, 4) is 0 Å². The number of rotatable bonds is 1. The van der Waals surface area contributed by atoms with Crippen LogP contribution in [0, 0.1) is 11.8 Å². The van der Waals surface area contributed by atoms with Crippen LogP contribution in [0.3, 0.4) is 0 Å². The molecule has 1 saturated carbocycles. The van der Waals surface area contributed by atoms with Crippen molar-refractivity contribution in [1.82, 2.24) is 10.2 Å². The summed E-state index contributed by atoms with van der Waals surface area (Å²) in [5.41, 5.74) is 1.48. The molecule has 2 aliphatic heterocycles. The summed E-state index contributed by atoms with van der Waals surface area (Å²) in [6.45, 7) is 0.0168. The van der Waals surface area contributed by atoms with Gasteiger partial charge in [-0.2, -0.15) is 0 Å². The highest BCUT2D eigenvalue weighted by molar-refractivity contribution is 6.08. The Balaban J connectivity index is 1.67. The van der Waals surface area contributed by atoms with E-state index in [1.54, 1.807) is 11.9 Å². The van der Waals surface area contributed by atoms with Crippen LogP contribution >= 0.6 is 0 Å². The highest BCUT2D eigenvalue weighted by Crippen LogP contribution is 2.49. The van der Waals surface area contributed by atoms with E-state index in [0.717, 1.165) is 12.1 Å². The fourth-order valence-electron chi connectivity index (χ4n) is 4.20. The lowest BCUT2D eigenvalue weighted by Crippen LogP contribution is -2.45. The Labute approximate surface area is 128 Å². The second-order valence-corrected chi connectivity index (χ2v) is 6.68. The number of dihydropyridines is 1. The average Bonchev–Trinajstić information content (AvgIpc) is 2.98. The monoisotopic (exact) mass is 301 g/mol. The number of allylic oxidation sites excluding steroid dienone is 2. The van der Waals surface area contributed by atoms with Gasteiger partial charge in [-0.15, -0.1) is 0 Å². The maximum absolute atomic E-state index is 12.3. The van der Waals surface area contributed by atoms with Crippen molar-refractivity contribution in [3.63, 3.8) is 0 Å². The fraction of sp³-hybridized carbons (Fsp3) is 0.562. The number of aliphatic hydroxyl groups excluding tert-OH is 1. The van der Waals surface area contributed by atoms with Crippen LogP contribution in [-0.2, 0) is 4.79 Å². The Bertz CT molecular complexity index is 651. The van der Waals surface area contributed by atoms with Crippen LogP contribution in [-0.4, -0.2) is 52.9 Å². The quantitative estimate of drug-likeness (QED) is 0.550. The fourth-order valence-corrected chi connectivity index (χ4v) is 4.20. The van der Waals surface area contributed by atoms with Gasteiger partial charge in [0.15, 0.2) is 0 Å². The summed E-state index contributed by atoms with van der Waals surface area (Å²) in [7, 11) is 1.70. The minimum Gasteiger partial charge on any atom is -0.394 e. The molecule has 2 fully saturated rings. The molecule has 6 heteroatoms. The van der Waals surface area contributed by atoms with Crippen LogP contribution in [0.25, 0.3) is 0 Å². The third kappa shape index (κ3) is 1.73. The van der Waals surface area contributed by atoms with E-state index in [2.05, 4.69) is 22.5 Å². The molecule has 0 bridgehead atoms. The molecule has 1 spiro atoms.